The lowest BCUT2D eigenvalue weighted by Crippen LogP contribution is -2.20. The second-order valence-corrected chi connectivity index (χ2v) is 10.5. The molecular weight excluding hydrogens is 402 g/mol. The van der Waals surface area contributed by atoms with E-state index < -0.39 is 5.97 Å². The topological polar surface area (TPSA) is 83.6 Å². The van der Waals surface area contributed by atoms with E-state index in [1.807, 2.05) is 13.0 Å². The van der Waals surface area contributed by atoms with Crippen molar-refractivity contribution in [3.8, 4) is 28.3 Å². The monoisotopic (exact) mass is 429 g/mol. The van der Waals surface area contributed by atoms with Gasteiger partial charge in [0.15, 0.2) is 5.76 Å². The molecule has 0 unspecified atom stereocenters. The Hall–Kier alpha value is -3.08. The largest absolute Gasteiger partial charge is 0.507 e. The van der Waals surface area contributed by atoms with E-state index in [2.05, 4.69) is 5.16 Å². The first-order valence-corrected chi connectivity index (χ1v) is 11.5. The predicted molar refractivity (Wildman–Crippen MR) is 120 cm³/mol. The van der Waals surface area contributed by atoms with Gasteiger partial charge in [-0.3, -0.25) is 0 Å². The van der Waals surface area contributed by atoms with Gasteiger partial charge in [-0.1, -0.05) is 23.4 Å². The first kappa shape index (κ1) is 19.6. The molecular formula is C27H27NO4. The first-order valence-electron chi connectivity index (χ1n) is 11.5. The van der Waals surface area contributed by atoms with Crippen LogP contribution in [0.3, 0.4) is 0 Å². The molecule has 3 aromatic rings. The van der Waals surface area contributed by atoms with Crippen LogP contribution in [0, 0.1) is 29.6 Å². The molecule has 0 saturated heterocycles. The highest BCUT2D eigenvalue weighted by molar-refractivity contribution is 5.88. The quantitative estimate of drug-likeness (QED) is 0.510. The lowest BCUT2D eigenvalue weighted by atomic mass is 9.74. The molecule has 8 rings (SSSR count). The summed E-state index contributed by atoms with van der Waals surface area (Å²) in [7, 11) is 0. The maximum atomic E-state index is 10.8. The van der Waals surface area contributed by atoms with E-state index in [1.165, 1.54) is 24.0 Å². The van der Waals surface area contributed by atoms with Crippen LogP contribution in [0.1, 0.15) is 54.4 Å². The Morgan fingerprint density at radius 3 is 2.22 bits per heavy atom. The Morgan fingerprint density at radius 1 is 1.00 bits per heavy atom. The van der Waals surface area contributed by atoms with Crippen molar-refractivity contribution in [1.29, 1.82) is 0 Å². The van der Waals surface area contributed by atoms with E-state index in [0.717, 1.165) is 22.0 Å². The smallest absolute Gasteiger partial charge is 0.335 e. The van der Waals surface area contributed by atoms with E-state index in [0.29, 0.717) is 17.0 Å². The van der Waals surface area contributed by atoms with Gasteiger partial charge in [0, 0.05) is 17.2 Å². The van der Waals surface area contributed by atoms with Crippen LogP contribution in [0.15, 0.2) is 53.1 Å². The van der Waals surface area contributed by atoms with Crippen molar-refractivity contribution in [1.82, 2.24) is 5.16 Å². The Balaban J connectivity index is 0.000000158. The summed E-state index contributed by atoms with van der Waals surface area (Å²) >= 11 is 0. The van der Waals surface area contributed by atoms with Crippen LogP contribution in [-0.4, -0.2) is 21.3 Å². The van der Waals surface area contributed by atoms with Gasteiger partial charge in [-0.2, -0.15) is 0 Å². The van der Waals surface area contributed by atoms with Crippen LogP contribution in [0.25, 0.3) is 22.6 Å². The Labute approximate surface area is 187 Å². The van der Waals surface area contributed by atoms with Gasteiger partial charge in [0.1, 0.15) is 11.4 Å². The fourth-order valence-corrected chi connectivity index (χ4v) is 7.26. The van der Waals surface area contributed by atoms with Gasteiger partial charge < -0.3 is 14.7 Å². The molecule has 0 aliphatic heterocycles. The van der Waals surface area contributed by atoms with Gasteiger partial charge >= 0.3 is 5.97 Å². The van der Waals surface area contributed by atoms with Crippen molar-refractivity contribution >= 4 is 5.97 Å². The molecule has 0 radical (unpaired) electrons. The van der Waals surface area contributed by atoms with Crippen LogP contribution in [-0.2, 0) is 0 Å². The number of phenols is 1. The molecule has 4 bridgehead atoms. The summed E-state index contributed by atoms with van der Waals surface area (Å²) in [5, 5.41) is 22.8. The van der Waals surface area contributed by atoms with Crippen LogP contribution < -0.4 is 0 Å². The number of carbonyl (C=O) groups is 1. The lowest BCUT2D eigenvalue weighted by Gasteiger charge is -2.31. The van der Waals surface area contributed by atoms with E-state index in [-0.39, 0.29) is 11.3 Å². The molecule has 5 fully saturated rings. The summed E-state index contributed by atoms with van der Waals surface area (Å²) < 4.78 is 5.28. The van der Waals surface area contributed by atoms with Crippen molar-refractivity contribution in [3.05, 3.63) is 59.7 Å². The second-order valence-electron chi connectivity index (χ2n) is 10.5. The van der Waals surface area contributed by atoms with Crippen molar-refractivity contribution in [2.45, 2.75) is 45.4 Å². The zero-order valence-electron chi connectivity index (χ0n) is 18.2. The number of aromatic carboxylic acids is 1. The van der Waals surface area contributed by atoms with Crippen molar-refractivity contribution in [2.24, 2.45) is 22.7 Å². The molecule has 5 heteroatoms. The molecule has 1 aromatic heterocycles. The van der Waals surface area contributed by atoms with Crippen molar-refractivity contribution in [3.63, 3.8) is 0 Å². The molecule has 2 spiro atoms. The second kappa shape index (κ2) is 6.71. The van der Waals surface area contributed by atoms with E-state index in [9.17, 15) is 9.90 Å². The molecule has 2 aromatic carbocycles. The third-order valence-corrected chi connectivity index (χ3v) is 8.42. The van der Waals surface area contributed by atoms with Crippen LogP contribution in [0.2, 0.25) is 0 Å². The van der Waals surface area contributed by atoms with Crippen LogP contribution in [0.5, 0.6) is 5.75 Å². The number of benzene rings is 2. The number of hydrogen-bond acceptors (Lipinski definition) is 4. The number of nitrogens with zero attached hydrogens (tertiary/aromatic N) is 1. The van der Waals surface area contributed by atoms with Gasteiger partial charge in [-0.15, -0.1) is 0 Å². The number of aromatic hydroxyl groups is 1. The highest BCUT2D eigenvalue weighted by Gasteiger charge is 2.77. The fraction of sp³-hybridized carbons (Fsp3) is 0.407. The summed E-state index contributed by atoms with van der Waals surface area (Å²) in [6, 6.07) is 13.3. The Kier molecular flexibility index (Phi) is 4.11. The number of rotatable bonds is 3. The highest BCUT2D eigenvalue weighted by atomic mass is 16.5. The summed E-state index contributed by atoms with van der Waals surface area (Å²) in [5.74, 6) is 2.06. The van der Waals surface area contributed by atoms with Gasteiger partial charge in [0.05, 0.1) is 5.56 Å². The molecule has 5 nitrogen and oxygen atoms in total. The first-order chi connectivity index (χ1) is 15.4. The minimum absolute atomic E-state index is 0.140. The van der Waals surface area contributed by atoms with E-state index in [1.54, 1.807) is 68.9 Å². The zero-order valence-corrected chi connectivity index (χ0v) is 18.2. The van der Waals surface area contributed by atoms with Crippen LogP contribution in [0.4, 0.5) is 0 Å². The fourth-order valence-electron chi connectivity index (χ4n) is 7.26. The molecule has 5 saturated carbocycles. The van der Waals surface area contributed by atoms with Gasteiger partial charge in [-0.05, 0) is 97.9 Å². The minimum Gasteiger partial charge on any atom is -0.507 e. The minimum atomic E-state index is -0.977. The maximum absolute atomic E-state index is 10.8. The number of carboxylic acid groups (broad SMARTS) is 1. The molecule has 0 atom stereocenters. The number of phenolic OH excluding ortho intramolecular Hbond substituents is 1. The SMILES string of the molecule is C1C2CC34CC1CC3(C2)C4.Cc1ccc(-c2cc(-c3ccc(C(=O)O)cc3)on2)c(O)c1. The highest BCUT2D eigenvalue weighted by Crippen LogP contribution is 2.87. The average Bonchev–Trinajstić information content (AvgIpc) is 3.06. The average molecular weight is 430 g/mol. The van der Waals surface area contributed by atoms with Gasteiger partial charge in [0.25, 0.3) is 0 Å². The van der Waals surface area contributed by atoms with Crippen molar-refractivity contribution in [2.75, 3.05) is 0 Å². The predicted octanol–water partition coefficient (Wildman–Crippen LogP) is 6.31. The Bertz CT molecular complexity index is 1170. The molecule has 1 heterocycles. The standard InChI is InChI=1S/C17H13NO4.C10H14/c1-10-2-7-13(15(19)8-10)14-9-16(22-18-14)11-3-5-12(6-4-11)17(20)21;1-7-2-9-4-8(1)5-10(9,3-7)6-9/h2-9,19H,1H3,(H,20,21);7-8H,1-6H2. The summed E-state index contributed by atoms with van der Waals surface area (Å²) in [4.78, 5) is 10.8. The lowest BCUT2D eigenvalue weighted by molar-refractivity contribution is 0.0697. The molecule has 32 heavy (non-hydrogen) atoms. The molecule has 2 N–H and O–H groups in total. The zero-order chi connectivity index (χ0) is 22.1. The number of carboxylic acids is 1. The van der Waals surface area contributed by atoms with Crippen LogP contribution >= 0.6 is 0 Å². The van der Waals surface area contributed by atoms with E-state index >= 15 is 0 Å². The maximum Gasteiger partial charge on any atom is 0.335 e. The summed E-state index contributed by atoms with van der Waals surface area (Å²) in [6.45, 7) is 1.89. The third-order valence-electron chi connectivity index (χ3n) is 8.42. The molecule has 5 aliphatic carbocycles. The Morgan fingerprint density at radius 2 is 1.66 bits per heavy atom. The number of aromatic nitrogens is 1. The number of hydrogen-bond donors (Lipinski definition) is 2. The van der Waals surface area contributed by atoms with Crippen molar-refractivity contribution < 1.29 is 19.5 Å². The molecule has 5 aliphatic rings. The summed E-state index contributed by atoms with van der Waals surface area (Å²) in [5.41, 5.74) is 4.93. The molecule has 164 valence electrons. The summed E-state index contributed by atoms with van der Waals surface area (Å²) in [6.07, 6.45) is 9.83. The van der Waals surface area contributed by atoms with E-state index in [4.69, 9.17) is 9.63 Å². The van der Waals surface area contributed by atoms with Gasteiger partial charge in [-0.25, -0.2) is 4.79 Å². The normalized spacial score (nSPS) is 30.5. The third kappa shape index (κ3) is 2.98. The molecule has 0 amide bonds. The number of aryl methyl sites for hydroxylation is 1. The van der Waals surface area contributed by atoms with Gasteiger partial charge in [0.2, 0.25) is 0 Å².